The average molecular weight is 534 g/mol. The van der Waals surface area contributed by atoms with Gasteiger partial charge in [-0.3, -0.25) is 14.5 Å². The number of phenolic OH excluding ortho intramolecular Hbond substituents is 1. The maximum absolute atomic E-state index is 13.5. The molecule has 1 saturated heterocycles. The van der Waals surface area contributed by atoms with E-state index in [9.17, 15) is 42.2 Å². The Morgan fingerprint density at radius 2 is 1.86 bits per heavy atom. The number of nitrogens with zero attached hydrogens (tertiary/aromatic N) is 1. The molecular formula is C22H20ClF4N3O6. The van der Waals surface area contributed by atoms with Crippen LogP contribution in [0.4, 0.5) is 28.0 Å². The molecule has 0 spiro atoms. The molecule has 2 atom stereocenters. The Balaban J connectivity index is 1.58. The maximum atomic E-state index is 13.5. The molecule has 1 fully saturated rings. The van der Waals surface area contributed by atoms with Gasteiger partial charge >= 0.3 is 12.3 Å². The van der Waals surface area contributed by atoms with Crippen LogP contribution < -0.4 is 15.4 Å². The third-order valence-electron chi connectivity index (χ3n) is 5.34. The number of phenols is 1. The first-order valence-electron chi connectivity index (χ1n) is 10.4. The molecule has 0 aromatic heterocycles. The number of hydrogen-bond acceptors (Lipinski definition) is 5. The fraction of sp³-hybridized carbons (Fsp3) is 0.318. The molecule has 0 radical (unpaired) electrons. The van der Waals surface area contributed by atoms with Gasteiger partial charge in [0.15, 0.2) is 6.61 Å². The molecule has 0 unspecified atom stereocenters. The van der Waals surface area contributed by atoms with Gasteiger partial charge in [-0.05, 0) is 43.2 Å². The molecule has 1 heterocycles. The van der Waals surface area contributed by atoms with Crippen LogP contribution in [0.25, 0.3) is 0 Å². The second-order valence-electron chi connectivity index (χ2n) is 7.88. The molecule has 2 aromatic rings. The molecule has 14 heteroatoms. The number of rotatable bonds is 6. The number of carboxylic acid groups (broad SMARTS) is 1. The number of hydrogen-bond donors (Lipinski definition) is 4. The summed E-state index contributed by atoms with van der Waals surface area (Å²) in [4.78, 5) is 37.4. The van der Waals surface area contributed by atoms with Crippen molar-refractivity contribution >= 4 is 35.2 Å². The molecular weight excluding hydrogens is 514 g/mol. The van der Waals surface area contributed by atoms with Crippen LogP contribution in [0.2, 0.25) is 5.02 Å². The minimum atomic E-state index is -4.70. The zero-order chi connectivity index (χ0) is 26.6. The number of benzene rings is 2. The third kappa shape index (κ3) is 6.68. The van der Waals surface area contributed by atoms with Gasteiger partial charge in [0.2, 0.25) is 5.91 Å². The van der Waals surface area contributed by atoms with Crippen molar-refractivity contribution in [2.24, 2.45) is 0 Å². The molecule has 2 aromatic carbocycles. The van der Waals surface area contributed by atoms with E-state index in [1.54, 1.807) is 0 Å². The summed E-state index contributed by atoms with van der Waals surface area (Å²) in [6.07, 6.45) is -5.98. The highest BCUT2D eigenvalue weighted by atomic mass is 35.5. The van der Waals surface area contributed by atoms with Gasteiger partial charge in [0, 0.05) is 18.7 Å². The lowest BCUT2D eigenvalue weighted by Crippen LogP contribution is -2.57. The zero-order valence-electron chi connectivity index (χ0n) is 18.3. The first kappa shape index (κ1) is 26.9. The molecule has 1 aliphatic heterocycles. The first-order chi connectivity index (χ1) is 16.8. The number of amides is 3. The second-order valence-corrected chi connectivity index (χ2v) is 8.28. The predicted molar refractivity (Wildman–Crippen MR) is 118 cm³/mol. The minimum Gasteiger partial charge on any atom is -0.506 e. The molecule has 0 bridgehead atoms. The summed E-state index contributed by atoms with van der Waals surface area (Å²) in [5.74, 6) is -2.97. The Morgan fingerprint density at radius 3 is 2.47 bits per heavy atom. The van der Waals surface area contributed by atoms with E-state index in [0.717, 1.165) is 17.0 Å². The van der Waals surface area contributed by atoms with Crippen LogP contribution in [0.15, 0.2) is 36.4 Å². The van der Waals surface area contributed by atoms with Crippen molar-refractivity contribution in [1.82, 2.24) is 10.2 Å². The molecule has 36 heavy (non-hydrogen) atoms. The van der Waals surface area contributed by atoms with E-state index in [2.05, 4.69) is 10.6 Å². The van der Waals surface area contributed by atoms with E-state index in [-0.39, 0.29) is 35.8 Å². The van der Waals surface area contributed by atoms with Gasteiger partial charge in [0.05, 0.1) is 16.3 Å². The second kappa shape index (κ2) is 10.9. The summed E-state index contributed by atoms with van der Waals surface area (Å²) in [7, 11) is 0. The lowest BCUT2D eigenvalue weighted by Gasteiger charge is -2.37. The molecule has 0 aliphatic carbocycles. The largest absolute Gasteiger partial charge is 0.506 e. The minimum absolute atomic E-state index is 0.0201. The van der Waals surface area contributed by atoms with Gasteiger partial charge in [-0.25, -0.2) is 9.18 Å². The summed E-state index contributed by atoms with van der Waals surface area (Å²) in [5.41, 5.74) is -1.43. The third-order valence-corrected chi connectivity index (χ3v) is 5.65. The summed E-state index contributed by atoms with van der Waals surface area (Å²) in [6.45, 7) is -0.741. The number of nitrogens with one attached hydrogen (secondary N) is 2. The summed E-state index contributed by atoms with van der Waals surface area (Å²) >= 11 is 5.58. The monoisotopic (exact) mass is 533 g/mol. The number of anilines is 1. The number of carbonyl (C=O) groups excluding carboxylic acids is 2. The van der Waals surface area contributed by atoms with Crippen molar-refractivity contribution in [3.63, 3.8) is 0 Å². The van der Waals surface area contributed by atoms with Crippen LogP contribution >= 0.6 is 11.6 Å². The smallest absolute Gasteiger partial charge is 0.416 e. The molecule has 3 amide bonds. The van der Waals surface area contributed by atoms with Crippen molar-refractivity contribution in [3.05, 3.63) is 52.8 Å². The highest BCUT2D eigenvalue weighted by Crippen LogP contribution is 2.35. The molecule has 194 valence electrons. The number of ether oxygens (including phenoxy) is 1. The van der Waals surface area contributed by atoms with Crippen molar-refractivity contribution in [3.8, 4) is 11.5 Å². The van der Waals surface area contributed by atoms with Crippen LogP contribution in [-0.2, 0) is 15.8 Å². The quantitative estimate of drug-likeness (QED) is 0.330. The molecule has 1 aliphatic rings. The topological polar surface area (TPSA) is 128 Å². The number of halogens is 5. The van der Waals surface area contributed by atoms with Crippen molar-refractivity contribution in [2.75, 3.05) is 18.5 Å². The standard InChI is InChI=1S/C22H20ClF4N3O6/c23-14-4-3-13(8-15(14)24)36-10-19(32)28-12-2-6-17(30(9-12)21(34)35)20(33)29-16-5-1-11(7-18(16)31)22(25,26)27/h1,3-5,7-8,12,17,31H,2,6,9-10H2,(H,28,32)(H,29,33)(H,34,35)/t12-,17+/m0/s1. The van der Waals surface area contributed by atoms with Gasteiger partial charge in [-0.2, -0.15) is 13.2 Å². The number of piperidine rings is 1. The van der Waals surface area contributed by atoms with Gasteiger partial charge in [0.1, 0.15) is 23.4 Å². The first-order valence-corrected chi connectivity index (χ1v) is 10.8. The van der Waals surface area contributed by atoms with Crippen LogP contribution in [-0.4, -0.2) is 58.3 Å². The van der Waals surface area contributed by atoms with E-state index in [0.29, 0.717) is 12.1 Å². The maximum Gasteiger partial charge on any atom is 0.416 e. The van der Waals surface area contributed by atoms with E-state index in [1.807, 2.05) is 0 Å². The number of likely N-dealkylation sites (tertiary alicyclic amines) is 1. The van der Waals surface area contributed by atoms with Crippen molar-refractivity contribution in [1.29, 1.82) is 0 Å². The van der Waals surface area contributed by atoms with Crippen LogP contribution in [0, 0.1) is 5.82 Å². The predicted octanol–water partition coefficient (Wildman–Crippen LogP) is 3.85. The Kier molecular flexibility index (Phi) is 8.13. The van der Waals surface area contributed by atoms with Crippen molar-refractivity contribution in [2.45, 2.75) is 31.1 Å². The fourth-order valence-electron chi connectivity index (χ4n) is 3.59. The molecule has 3 rings (SSSR count). The van der Waals surface area contributed by atoms with Crippen molar-refractivity contribution < 1.29 is 46.9 Å². The summed E-state index contributed by atoms with van der Waals surface area (Å²) in [6, 6.07) is 3.71. The van der Waals surface area contributed by atoms with Gasteiger partial charge in [0.25, 0.3) is 5.91 Å². The van der Waals surface area contributed by atoms with Crippen LogP contribution in [0.3, 0.4) is 0 Å². The number of aromatic hydroxyl groups is 1. The van der Waals surface area contributed by atoms with Crippen LogP contribution in [0.5, 0.6) is 11.5 Å². The Bertz CT molecular complexity index is 1160. The average Bonchev–Trinajstić information content (AvgIpc) is 2.80. The fourth-order valence-corrected chi connectivity index (χ4v) is 3.70. The van der Waals surface area contributed by atoms with E-state index >= 15 is 0 Å². The Labute approximate surface area is 206 Å². The zero-order valence-corrected chi connectivity index (χ0v) is 19.1. The normalized spacial score (nSPS) is 17.9. The van der Waals surface area contributed by atoms with Gasteiger partial charge < -0.3 is 25.6 Å². The lowest BCUT2D eigenvalue weighted by molar-refractivity contribution is -0.137. The Hall–Kier alpha value is -3.74. The molecule has 9 nitrogen and oxygen atoms in total. The van der Waals surface area contributed by atoms with Gasteiger partial charge in [-0.1, -0.05) is 11.6 Å². The number of alkyl halides is 3. The summed E-state index contributed by atoms with van der Waals surface area (Å²) in [5, 5.41) is 24.1. The highest BCUT2D eigenvalue weighted by molar-refractivity contribution is 6.30. The summed E-state index contributed by atoms with van der Waals surface area (Å²) < 4.78 is 56.9. The molecule has 4 N–H and O–H groups in total. The van der Waals surface area contributed by atoms with E-state index < -0.39 is 59.9 Å². The van der Waals surface area contributed by atoms with E-state index in [4.69, 9.17) is 16.3 Å². The van der Waals surface area contributed by atoms with Crippen LogP contribution in [0.1, 0.15) is 18.4 Å². The number of carbonyl (C=O) groups is 3. The molecule has 0 saturated carbocycles. The Morgan fingerprint density at radius 1 is 1.14 bits per heavy atom. The van der Waals surface area contributed by atoms with Gasteiger partial charge in [-0.15, -0.1) is 0 Å². The van der Waals surface area contributed by atoms with E-state index in [1.165, 1.54) is 12.1 Å². The lowest BCUT2D eigenvalue weighted by atomic mass is 9.97. The SMILES string of the molecule is O=C(COc1ccc(Cl)c(F)c1)N[C@H]1CC[C@H](C(=O)Nc2ccc(C(F)(F)F)cc2O)N(C(=O)O)C1. The highest BCUT2D eigenvalue weighted by Gasteiger charge is 2.37.